The fourth-order valence-electron chi connectivity index (χ4n) is 3.53. The van der Waals surface area contributed by atoms with Crippen LogP contribution in [0, 0.1) is 27.7 Å². The molecule has 1 unspecified atom stereocenters. The standard InChI is InChI=1S/C23H24N2O5/c1-11-7-8-18-16(9-11)17(10-12(2)24-18)22(27)30-15(5)21(26)20-13(3)19(14(4)25-20)23(28)29-6/h7-10,15,25H,1-6H3. The average Bonchev–Trinajstić information content (AvgIpc) is 3.00. The van der Waals surface area contributed by atoms with Gasteiger partial charge in [0.2, 0.25) is 5.78 Å². The number of fused-ring (bicyclic) bond motifs is 1. The second-order valence-corrected chi connectivity index (χ2v) is 7.36. The van der Waals surface area contributed by atoms with Gasteiger partial charge >= 0.3 is 11.9 Å². The van der Waals surface area contributed by atoms with Crippen LogP contribution in [0.25, 0.3) is 10.9 Å². The molecule has 7 heteroatoms. The number of rotatable bonds is 5. The molecular formula is C23H24N2O5. The zero-order chi connectivity index (χ0) is 22.2. The van der Waals surface area contributed by atoms with Crippen molar-refractivity contribution in [1.29, 1.82) is 0 Å². The van der Waals surface area contributed by atoms with Crippen molar-refractivity contribution >= 4 is 28.6 Å². The average molecular weight is 408 g/mol. The lowest BCUT2D eigenvalue weighted by Crippen LogP contribution is -2.25. The first-order chi connectivity index (χ1) is 14.1. The number of methoxy groups -OCH3 is 1. The van der Waals surface area contributed by atoms with Crippen molar-refractivity contribution in [3.63, 3.8) is 0 Å². The van der Waals surface area contributed by atoms with Crippen LogP contribution in [0.15, 0.2) is 24.3 Å². The maximum Gasteiger partial charge on any atom is 0.339 e. The molecule has 3 rings (SSSR count). The Morgan fingerprint density at radius 1 is 1.03 bits per heavy atom. The molecule has 0 spiro atoms. The number of nitrogens with zero attached hydrogens (tertiary/aromatic N) is 1. The number of ketones is 1. The van der Waals surface area contributed by atoms with E-state index in [0.29, 0.717) is 39.0 Å². The summed E-state index contributed by atoms with van der Waals surface area (Å²) in [4.78, 5) is 45.1. The van der Waals surface area contributed by atoms with Crippen LogP contribution in [-0.4, -0.2) is 40.9 Å². The number of H-pyrrole nitrogens is 1. The van der Waals surface area contributed by atoms with Crippen molar-refractivity contribution in [1.82, 2.24) is 9.97 Å². The van der Waals surface area contributed by atoms with Crippen molar-refractivity contribution in [2.45, 2.75) is 40.7 Å². The van der Waals surface area contributed by atoms with Crippen LogP contribution in [0.1, 0.15) is 60.6 Å². The Labute approximate surface area is 174 Å². The lowest BCUT2D eigenvalue weighted by Gasteiger charge is -2.14. The fourth-order valence-corrected chi connectivity index (χ4v) is 3.53. The first-order valence-corrected chi connectivity index (χ1v) is 9.54. The van der Waals surface area contributed by atoms with Crippen molar-refractivity contribution in [3.05, 3.63) is 63.6 Å². The molecule has 0 aliphatic heterocycles. The molecule has 0 fully saturated rings. The van der Waals surface area contributed by atoms with E-state index >= 15 is 0 Å². The van der Waals surface area contributed by atoms with E-state index in [0.717, 1.165) is 5.56 Å². The van der Waals surface area contributed by atoms with Gasteiger partial charge in [0.15, 0.2) is 6.10 Å². The molecule has 0 aliphatic rings. The van der Waals surface area contributed by atoms with Gasteiger partial charge in [0.1, 0.15) is 0 Å². The maximum absolute atomic E-state index is 12.9. The maximum atomic E-state index is 12.9. The second kappa shape index (κ2) is 8.10. The largest absolute Gasteiger partial charge is 0.465 e. The molecule has 156 valence electrons. The third-order valence-corrected chi connectivity index (χ3v) is 5.04. The summed E-state index contributed by atoms with van der Waals surface area (Å²) in [5.74, 6) is -1.56. The van der Waals surface area contributed by atoms with Crippen LogP contribution < -0.4 is 0 Å². The van der Waals surface area contributed by atoms with Crippen molar-refractivity contribution in [2.24, 2.45) is 0 Å². The fraction of sp³-hybridized carbons (Fsp3) is 0.304. The molecule has 0 saturated carbocycles. The minimum absolute atomic E-state index is 0.222. The zero-order valence-corrected chi connectivity index (χ0v) is 17.9. The Morgan fingerprint density at radius 3 is 2.40 bits per heavy atom. The summed E-state index contributed by atoms with van der Waals surface area (Å²) in [6.07, 6.45) is -1.05. The number of hydrogen-bond donors (Lipinski definition) is 1. The third-order valence-electron chi connectivity index (χ3n) is 5.04. The summed E-state index contributed by atoms with van der Waals surface area (Å²) in [7, 11) is 1.28. The number of carbonyl (C=O) groups is 3. The van der Waals surface area contributed by atoms with Crippen LogP contribution in [0.2, 0.25) is 0 Å². The lowest BCUT2D eigenvalue weighted by molar-refractivity contribution is 0.0318. The van der Waals surface area contributed by atoms with Crippen molar-refractivity contribution in [3.8, 4) is 0 Å². The summed E-state index contributed by atoms with van der Waals surface area (Å²) in [5, 5.41) is 0.671. The van der Waals surface area contributed by atoms with Gasteiger partial charge in [-0.1, -0.05) is 11.6 Å². The summed E-state index contributed by atoms with van der Waals surface area (Å²) in [6, 6.07) is 7.29. The van der Waals surface area contributed by atoms with E-state index in [1.807, 2.05) is 25.1 Å². The molecular weight excluding hydrogens is 384 g/mol. The Morgan fingerprint density at radius 2 is 1.73 bits per heavy atom. The normalized spacial score (nSPS) is 11.9. The van der Waals surface area contributed by atoms with Gasteiger partial charge in [0.05, 0.1) is 29.4 Å². The minimum atomic E-state index is -1.05. The van der Waals surface area contributed by atoms with Gasteiger partial charge in [-0.25, -0.2) is 9.59 Å². The van der Waals surface area contributed by atoms with Gasteiger partial charge in [-0.15, -0.1) is 0 Å². The topological polar surface area (TPSA) is 98.4 Å². The van der Waals surface area contributed by atoms with E-state index in [-0.39, 0.29) is 5.69 Å². The quantitative estimate of drug-likeness (QED) is 0.506. The molecule has 7 nitrogen and oxygen atoms in total. The third kappa shape index (κ3) is 3.83. The van der Waals surface area contributed by atoms with Crippen LogP contribution >= 0.6 is 0 Å². The zero-order valence-electron chi connectivity index (χ0n) is 17.9. The molecule has 0 bridgehead atoms. The van der Waals surface area contributed by atoms with Crippen molar-refractivity contribution in [2.75, 3.05) is 7.11 Å². The predicted molar refractivity (Wildman–Crippen MR) is 112 cm³/mol. The Hall–Kier alpha value is -3.48. The Bertz CT molecular complexity index is 1180. The number of ether oxygens (including phenoxy) is 2. The number of pyridine rings is 1. The minimum Gasteiger partial charge on any atom is -0.465 e. The first kappa shape index (κ1) is 21.2. The molecule has 0 saturated heterocycles. The van der Waals surface area contributed by atoms with Crippen molar-refractivity contribution < 1.29 is 23.9 Å². The highest BCUT2D eigenvalue weighted by molar-refractivity contribution is 6.07. The van der Waals surface area contributed by atoms with Gasteiger partial charge in [-0.3, -0.25) is 9.78 Å². The highest BCUT2D eigenvalue weighted by Gasteiger charge is 2.28. The van der Waals surface area contributed by atoms with Gasteiger partial charge < -0.3 is 14.5 Å². The van der Waals surface area contributed by atoms with Gasteiger partial charge in [-0.05, 0) is 58.4 Å². The predicted octanol–water partition coefficient (Wildman–Crippen LogP) is 4.01. The number of Topliss-reactive ketones (excluding diaryl/α,β-unsaturated/α-hetero) is 1. The number of esters is 2. The summed E-state index contributed by atoms with van der Waals surface area (Å²) in [5.41, 5.74) is 4.22. The van der Waals surface area contributed by atoms with Crippen LogP contribution in [0.5, 0.6) is 0 Å². The Kier molecular flexibility index (Phi) is 5.73. The van der Waals surface area contributed by atoms with E-state index in [2.05, 4.69) is 9.97 Å². The molecule has 30 heavy (non-hydrogen) atoms. The Balaban J connectivity index is 1.90. The summed E-state index contributed by atoms with van der Waals surface area (Å²) >= 11 is 0. The van der Waals surface area contributed by atoms with E-state index in [1.54, 1.807) is 26.8 Å². The molecule has 0 radical (unpaired) electrons. The number of benzene rings is 1. The number of aromatic amines is 1. The molecule has 1 atom stereocenters. The summed E-state index contributed by atoms with van der Waals surface area (Å²) < 4.78 is 10.3. The van der Waals surface area contributed by atoms with E-state index in [1.165, 1.54) is 14.0 Å². The molecule has 3 aromatic rings. The highest BCUT2D eigenvalue weighted by Crippen LogP contribution is 2.23. The number of carbonyl (C=O) groups excluding carboxylic acids is 3. The number of nitrogens with one attached hydrogen (secondary N) is 1. The van der Waals surface area contributed by atoms with E-state index < -0.39 is 23.8 Å². The highest BCUT2D eigenvalue weighted by atomic mass is 16.5. The molecule has 1 N–H and O–H groups in total. The SMILES string of the molecule is COC(=O)c1c(C)[nH]c(C(=O)C(C)OC(=O)c2cc(C)nc3ccc(C)cc23)c1C. The smallest absolute Gasteiger partial charge is 0.339 e. The number of hydrogen-bond acceptors (Lipinski definition) is 6. The monoisotopic (exact) mass is 408 g/mol. The van der Waals surface area contributed by atoms with Gasteiger partial charge in [-0.2, -0.15) is 0 Å². The second-order valence-electron chi connectivity index (χ2n) is 7.36. The number of aromatic nitrogens is 2. The lowest BCUT2D eigenvalue weighted by atomic mass is 10.0. The molecule has 0 amide bonds. The van der Waals surface area contributed by atoms with Gasteiger partial charge in [0.25, 0.3) is 0 Å². The molecule has 0 aliphatic carbocycles. The van der Waals surface area contributed by atoms with Crippen LogP contribution in [0.3, 0.4) is 0 Å². The number of aryl methyl sites for hydroxylation is 3. The molecule has 1 aromatic carbocycles. The summed E-state index contributed by atoms with van der Waals surface area (Å²) in [6.45, 7) is 8.57. The van der Waals surface area contributed by atoms with Crippen LogP contribution in [-0.2, 0) is 9.47 Å². The first-order valence-electron chi connectivity index (χ1n) is 9.54. The molecule has 2 aromatic heterocycles. The van der Waals surface area contributed by atoms with Gasteiger partial charge in [0, 0.05) is 16.8 Å². The van der Waals surface area contributed by atoms with Crippen LogP contribution in [0.4, 0.5) is 0 Å². The molecule has 2 heterocycles. The van der Waals surface area contributed by atoms with E-state index in [9.17, 15) is 14.4 Å². The van der Waals surface area contributed by atoms with E-state index in [4.69, 9.17) is 9.47 Å².